The minimum Gasteiger partial charge on any atom is -0.384 e. The van der Waals surface area contributed by atoms with Gasteiger partial charge in [-0.15, -0.1) is 6.58 Å². The molecule has 0 aliphatic carbocycles. The van der Waals surface area contributed by atoms with E-state index in [1.807, 2.05) is 12.1 Å². The number of allylic oxidation sites excluding steroid dienone is 1. The van der Waals surface area contributed by atoms with Crippen LogP contribution in [0, 0.1) is 5.82 Å². The number of rotatable bonds is 11. The summed E-state index contributed by atoms with van der Waals surface area (Å²) in [5.74, 6) is 0.196. The summed E-state index contributed by atoms with van der Waals surface area (Å²) < 4.78 is 18.3. The second-order valence-electron chi connectivity index (χ2n) is 15.3. The first-order chi connectivity index (χ1) is 26.9. The molecule has 0 bridgehead atoms. The maximum Gasteiger partial charge on any atom is 0.278 e. The van der Waals surface area contributed by atoms with Crippen LogP contribution in [0.5, 0.6) is 0 Å². The number of aliphatic hydroxyl groups is 1. The standard InChI is InChI=1S/C41H45FN10O4/c1-4-18-51-39(55)30-22-43-40(48-37(30)52(51)35-7-5-6-34(46-35)41(2,3)56)45-27-10-8-25(9-11-27)26-16-19-49(20-17-26)29-23-50(24-29)33-14-12-28(21-31(33)42)44-32-13-15-36(53)47-38(32)54/h4-12,14,21-22,26,29,32,44,56H,1,13,15-20,23-24H2,2-3H3,(H,43,45,48)(H,47,53,54). The smallest absolute Gasteiger partial charge is 0.278 e. The number of benzene rings is 2. The average Bonchev–Trinajstić information content (AvgIpc) is 3.43. The molecule has 3 aromatic heterocycles. The van der Waals surface area contributed by atoms with Crippen molar-refractivity contribution in [3.05, 3.63) is 107 Å². The number of likely N-dealkylation sites (tertiary alicyclic amines) is 1. The number of piperidine rings is 2. The fourth-order valence-electron chi connectivity index (χ4n) is 7.82. The molecule has 8 rings (SSSR count). The Morgan fingerprint density at radius 2 is 1.75 bits per heavy atom. The zero-order chi connectivity index (χ0) is 39.1. The summed E-state index contributed by atoms with van der Waals surface area (Å²) in [4.78, 5) is 55.3. The molecule has 4 N–H and O–H groups in total. The fraction of sp³-hybridized carbons (Fsp3) is 0.366. The van der Waals surface area contributed by atoms with Crippen LogP contribution >= 0.6 is 0 Å². The summed E-state index contributed by atoms with van der Waals surface area (Å²) in [5.41, 5.74) is 2.55. The highest BCUT2D eigenvalue weighted by Crippen LogP contribution is 2.34. The molecule has 5 aromatic rings. The third kappa shape index (κ3) is 7.39. The van der Waals surface area contributed by atoms with Crippen molar-refractivity contribution < 1.29 is 19.1 Å². The molecule has 290 valence electrons. The maximum atomic E-state index is 15.1. The van der Waals surface area contributed by atoms with Crippen LogP contribution in [-0.4, -0.2) is 84.4 Å². The molecule has 3 aliphatic heterocycles. The van der Waals surface area contributed by atoms with Gasteiger partial charge in [0.05, 0.1) is 17.9 Å². The van der Waals surface area contributed by atoms with Gasteiger partial charge in [-0.2, -0.15) is 4.98 Å². The van der Waals surface area contributed by atoms with E-state index in [1.54, 1.807) is 54.9 Å². The predicted molar refractivity (Wildman–Crippen MR) is 212 cm³/mol. The van der Waals surface area contributed by atoms with Crippen LogP contribution in [0.25, 0.3) is 16.9 Å². The Labute approximate surface area is 323 Å². The van der Waals surface area contributed by atoms with Crippen molar-refractivity contribution in [2.45, 2.75) is 69.7 Å². The molecule has 0 radical (unpaired) electrons. The Balaban J connectivity index is 0.872. The highest BCUT2D eigenvalue weighted by molar-refractivity contribution is 6.01. The van der Waals surface area contributed by atoms with E-state index in [9.17, 15) is 19.5 Å². The van der Waals surface area contributed by atoms with Crippen molar-refractivity contribution in [1.29, 1.82) is 0 Å². The highest BCUT2D eigenvalue weighted by atomic mass is 19.1. The number of nitrogens with one attached hydrogen (secondary N) is 3. The Morgan fingerprint density at radius 3 is 2.45 bits per heavy atom. The highest BCUT2D eigenvalue weighted by Gasteiger charge is 2.35. The van der Waals surface area contributed by atoms with E-state index < -0.39 is 11.6 Å². The van der Waals surface area contributed by atoms with Gasteiger partial charge in [0, 0.05) is 43.1 Å². The number of hydrogen-bond acceptors (Lipinski definition) is 11. The zero-order valence-electron chi connectivity index (χ0n) is 31.4. The van der Waals surface area contributed by atoms with Crippen molar-refractivity contribution in [3.63, 3.8) is 0 Å². The number of hydrogen-bond donors (Lipinski definition) is 4. The van der Waals surface area contributed by atoms with E-state index in [1.165, 1.54) is 22.5 Å². The second kappa shape index (κ2) is 15.0. The molecule has 1 unspecified atom stereocenters. The number of fused-ring (bicyclic) bond motifs is 1. The summed E-state index contributed by atoms with van der Waals surface area (Å²) in [6.07, 6.45) is 5.85. The summed E-state index contributed by atoms with van der Waals surface area (Å²) in [6, 6.07) is 18.4. The van der Waals surface area contributed by atoms with Gasteiger partial charge >= 0.3 is 0 Å². The van der Waals surface area contributed by atoms with Crippen LogP contribution < -0.4 is 26.4 Å². The summed E-state index contributed by atoms with van der Waals surface area (Å²) in [5, 5.41) is 19.6. The minimum absolute atomic E-state index is 0.232. The van der Waals surface area contributed by atoms with Crippen LogP contribution in [0.15, 0.2) is 84.3 Å². The van der Waals surface area contributed by atoms with E-state index in [0.717, 1.165) is 44.7 Å². The van der Waals surface area contributed by atoms with Gasteiger partial charge in [-0.3, -0.25) is 24.6 Å². The normalized spacial score (nSPS) is 18.5. The number of halogens is 1. The Bertz CT molecular complexity index is 2360. The fourth-order valence-corrected chi connectivity index (χ4v) is 7.82. The maximum absolute atomic E-state index is 15.1. The first kappa shape index (κ1) is 37.0. The molecule has 3 fully saturated rings. The van der Waals surface area contributed by atoms with Gasteiger partial charge in [-0.25, -0.2) is 23.7 Å². The van der Waals surface area contributed by atoms with Gasteiger partial charge in [0.25, 0.3) is 5.56 Å². The molecule has 14 nitrogen and oxygen atoms in total. The summed E-state index contributed by atoms with van der Waals surface area (Å²) >= 11 is 0. The van der Waals surface area contributed by atoms with Crippen molar-refractivity contribution in [2.75, 3.05) is 41.7 Å². The lowest BCUT2D eigenvalue weighted by atomic mass is 9.88. The molecular formula is C41H45FN10O4. The average molecular weight is 761 g/mol. The first-order valence-electron chi connectivity index (χ1n) is 19.0. The van der Waals surface area contributed by atoms with Crippen molar-refractivity contribution in [1.82, 2.24) is 34.5 Å². The molecule has 6 heterocycles. The lowest BCUT2D eigenvalue weighted by Gasteiger charge is -2.48. The van der Waals surface area contributed by atoms with Crippen LogP contribution in [0.4, 0.5) is 27.4 Å². The third-order valence-corrected chi connectivity index (χ3v) is 11.0. The van der Waals surface area contributed by atoms with E-state index in [4.69, 9.17) is 4.98 Å². The molecule has 1 atom stereocenters. The Hall–Kier alpha value is -5.93. The van der Waals surface area contributed by atoms with Gasteiger partial charge in [0.15, 0.2) is 11.5 Å². The van der Waals surface area contributed by atoms with Gasteiger partial charge in [0.1, 0.15) is 22.8 Å². The van der Waals surface area contributed by atoms with E-state index in [-0.39, 0.29) is 36.2 Å². The quantitative estimate of drug-likeness (QED) is 0.110. The first-order valence-corrected chi connectivity index (χ1v) is 19.0. The Morgan fingerprint density at radius 1 is 1.00 bits per heavy atom. The number of imide groups is 1. The van der Waals surface area contributed by atoms with Gasteiger partial charge in [-0.1, -0.05) is 24.3 Å². The molecule has 3 aliphatic rings. The van der Waals surface area contributed by atoms with E-state index in [2.05, 4.69) is 54.4 Å². The van der Waals surface area contributed by atoms with Gasteiger partial charge in [-0.05, 0) is 100 Å². The number of carbonyl (C=O) groups is 2. The summed E-state index contributed by atoms with van der Waals surface area (Å²) in [6.45, 7) is 10.8. The predicted octanol–water partition coefficient (Wildman–Crippen LogP) is 4.56. The van der Waals surface area contributed by atoms with Crippen LogP contribution in [0.2, 0.25) is 0 Å². The molecule has 15 heteroatoms. The molecule has 2 amide bonds. The van der Waals surface area contributed by atoms with E-state index in [0.29, 0.717) is 58.2 Å². The molecule has 3 saturated heterocycles. The molecule has 0 spiro atoms. The number of nitrogens with zero attached hydrogens (tertiary/aromatic N) is 7. The number of aromatic nitrogens is 5. The van der Waals surface area contributed by atoms with Crippen molar-refractivity contribution in [3.8, 4) is 5.82 Å². The lowest BCUT2D eigenvalue weighted by Crippen LogP contribution is -2.61. The van der Waals surface area contributed by atoms with Gasteiger partial charge in [0.2, 0.25) is 17.8 Å². The molecular weight excluding hydrogens is 716 g/mol. The second-order valence-corrected chi connectivity index (χ2v) is 15.3. The molecule has 2 aromatic carbocycles. The third-order valence-electron chi connectivity index (χ3n) is 11.0. The SMILES string of the molecule is C=CCn1c(=O)c2cnc(Nc3ccc(C4CCN(C5CN(c6ccc(NC7CCC(=O)NC7=O)cc6F)C5)CC4)cc3)nc2n1-c1cccc(C(C)(C)O)n1. The molecule has 0 saturated carbocycles. The number of carbonyl (C=O) groups excluding carboxylic acids is 2. The van der Waals surface area contributed by atoms with Gasteiger partial charge < -0.3 is 20.6 Å². The number of pyridine rings is 1. The lowest BCUT2D eigenvalue weighted by molar-refractivity contribution is -0.133. The Kier molecular flexibility index (Phi) is 9.89. The minimum atomic E-state index is -1.18. The number of anilines is 4. The monoisotopic (exact) mass is 760 g/mol. The van der Waals surface area contributed by atoms with Crippen molar-refractivity contribution in [2.24, 2.45) is 0 Å². The van der Waals surface area contributed by atoms with Crippen molar-refractivity contribution >= 4 is 45.9 Å². The largest absolute Gasteiger partial charge is 0.384 e. The summed E-state index contributed by atoms with van der Waals surface area (Å²) in [7, 11) is 0. The van der Waals surface area contributed by atoms with E-state index >= 15 is 4.39 Å². The zero-order valence-corrected chi connectivity index (χ0v) is 31.4. The topological polar surface area (TPSA) is 163 Å². The molecule has 56 heavy (non-hydrogen) atoms. The van der Waals surface area contributed by atoms with Crippen LogP contribution in [-0.2, 0) is 21.7 Å². The van der Waals surface area contributed by atoms with Crippen LogP contribution in [0.1, 0.15) is 56.7 Å². The number of amides is 2. The van der Waals surface area contributed by atoms with Crippen LogP contribution in [0.3, 0.4) is 0 Å².